The molecule has 0 heterocycles. The lowest BCUT2D eigenvalue weighted by atomic mass is 10.1. The zero-order chi connectivity index (χ0) is 9.14. The molecule has 0 amide bonds. The largest absolute Gasteiger partial charge is 0.324 e. The summed E-state index contributed by atoms with van der Waals surface area (Å²) in [7, 11) is 0. The average Bonchev–Trinajstić information content (AvgIpc) is 2.04. The number of hydrazine groups is 1. The SMILES string of the molecule is CC(=O)c1ccc(NN)c(C)c1. The summed E-state index contributed by atoms with van der Waals surface area (Å²) in [5.41, 5.74) is 5.09. The molecule has 1 rings (SSSR count). The lowest BCUT2D eigenvalue weighted by Gasteiger charge is -2.05. The number of aryl methyl sites for hydroxylation is 1. The molecule has 64 valence electrons. The Kier molecular flexibility index (Phi) is 2.45. The van der Waals surface area contributed by atoms with E-state index in [1.54, 1.807) is 19.1 Å². The topological polar surface area (TPSA) is 55.1 Å². The van der Waals surface area contributed by atoms with Crippen molar-refractivity contribution in [3.63, 3.8) is 0 Å². The number of rotatable bonds is 2. The smallest absolute Gasteiger partial charge is 0.159 e. The van der Waals surface area contributed by atoms with Crippen LogP contribution >= 0.6 is 0 Å². The fraction of sp³-hybridized carbons (Fsp3) is 0.222. The maximum absolute atomic E-state index is 10.9. The molecule has 1 aromatic rings. The van der Waals surface area contributed by atoms with Gasteiger partial charge in [0, 0.05) is 5.56 Å². The first kappa shape index (κ1) is 8.74. The molecule has 3 nitrogen and oxygen atoms in total. The molecule has 0 bridgehead atoms. The van der Waals surface area contributed by atoms with Gasteiger partial charge in [-0.1, -0.05) is 0 Å². The van der Waals surface area contributed by atoms with Gasteiger partial charge in [-0.25, -0.2) is 0 Å². The first-order chi connectivity index (χ1) is 5.65. The van der Waals surface area contributed by atoms with Gasteiger partial charge in [0.05, 0.1) is 5.69 Å². The van der Waals surface area contributed by atoms with E-state index < -0.39 is 0 Å². The van der Waals surface area contributed by atoms with Crippen molar-refractivity contribution in [3.05, 3.63) is 29.3 Å². The van der Waals surface area contributed by atoms with Gasteiger partial charge in [0.25, 0.3) is 0 Å². The van der Waals surface area contributed by atoms with Crippen molar-refractivity contribution in [2.75, 3.05) is 5.43 Å². The van der Waals surface area contributed by atoms with Crippen molar-refractivity contribution < 1.29 is 4.79 Å². The summed E-state index contributed by atoms with van der Waals surface area (Å²) in [4.78, 5) is 10.9. The summed E-state index contributed by atoms with van der Waals surface area (Å²) >= 11 is 0. The predicted octanol–water partition coefficient (Wildman–Crippen LogP) is 1.48. The number of ketones is 1. The molecule has 0 aromatic heterocycles. The van der Waals surface area contributed by atoms with Crippen molar-refractivity contribution in [2.24, 2.45) is 5.84 Å². The fourth-order valence-corrected chi connectivity index (χ4v) is 1.04. The lowest BCUT2D eigenvalue weighted by molar-refractivity contribution is 0.101. The molecule has 3 N–H and O–H groups in total. The van der Waals surface area contributed by atoms with Crippen LogP contribution in [0.5, 0.6) is 0 Å². The van der Waals surface area contributed by atoms with E-state index in [0.717, 1.165) is 11.3 Å². The monoisotopic (exact) mass is 164 g/mol. The van der Waals surface area contributed by atoms with Gasteiger partial charge in [-0.3, -0.25) is 10.6 Å². The van der Waals surface area contributed by atoms with Crippen LogP contribution in [0.1, 0.15) is 22.8 Å². The van der Waals surface area contributed by atoms with Gasteiger partial charge in [-0.05, 0) is 37.6 Å². The fourth-order valence-electron chi connectivity index (χ4n) is 1.04. The van der Waals surface area contributed by atoms with Crippen molar-refractivity contribution in [1.29, 1.82) is 0 Å². The van der Waals surface area contributed by atoms with Gasteiger partial charge in [-0.15, -0.1) is 0 Å². The molecule has 0 aliphatic carbocycles. The Morgan fingerprint density at radius 2 is 2.17 bits per heavy atom. The van der Waals surface area contributed by atoms with E-state index in [-0.39, 0.29) is 5.78 Å². The molecule has 0 unspecified atom stereocenters. The second-order valence-corrected chi connectivity index (χ2v) is 2.73. The molecule has 0 fully saturated rings. The number of nitrogens with two attached hydrogens (primary N) is 1. The van der Waals surface area contributed by atoms with E-state index >= 15 is 0 Å². The maximum Gasteiger partial charge on any atom is 0.159 e. The molecule has 0 aliphatic heterocycles. The molecule has 3 heteroatoms. The Hall–Kier alpha value is -1.35. The predicted molar refractivity (Wildman–Crippen MR) is 49.0 cm³/mol. The number of nitrogens with one attached hydrogen (secondary N) is 1. The molecule has 0 spiro atoms. The van der Waals surface area contributed by atoms with Crippen LogP contribution in [-0.4, -0.2) is 5.78 Å². The van der Waals surface area contributed by atoms with E-state index in [1.165, 1.54) is 0 Å². The summed E-state index contributed by atoms with van der Waals surface area (Å²) in [6.45, 7) is 3.45. The second kappa shape index (κ2) is 3.36. The van der Waals surface area contributed by atoms with Crippen LogP contribution < -0.4 is 11.3 Å². The van der Waals surface area contributed by atoms with E-state index in [4.69, 9.17) is 5.84 Å². The molecular weight excluding hydrogens is 152 g/mol. The lowest BCUT2D eigenvalue weighted by Crippen LogP contribution is -2.08. The molecular formula is C9H12N2O. The van der Waals surface area contributed by atoms with E-state index in [2.05, 4.69) is 5.43 Å². The Balaban J connectivity index is 3.10. The summed E-state index contributed by atoms with van der Waals surface area (Å²) in [6.07, 6.45) is 0. The highest BCUT2D eigenvalue weighted by atomic mass is 16.1. The molecule has 0 radical (unpaired) electrons. The van der Waals surface area contributed by atoms with E-state index in [0.29, 0.717) is 5.56 Å². The van der Waals surface area contributed by atoms with Crippen molar-refractivity contribution in [2.45, 2.75) is 13.8 Å². The van der Waals surface area contributed by atoms with Crippen LogP contribution in [-0.2, 0) is 0 Å². The quantitative estimate of drug-likeness (QED) is 0.395. The maximum atomic E-state index is 10.9. The molecule has 0 aliphatic rings. The summed E-state index contributed by atoms with van der Waals surface area (Å²) in [5.74, 6) is 5.31. The number of carbonyl (C=O) groups is 1. The van der Waals surface area contributed by atoms with Crippen molar-refractivity contribution in [1.82, 2.24) is 0 Å². The van der Waals surface area contributed by atoms with Crippen LogP contribution in [0.15, 0.2) is 18.2 Å². The van der Waals surface area contributed by atoms with Crippen molar-refractivity contribution in [3.8, 4) is 0 Å². The number of anilines is 1. The molecule has 1 aromatic carbocycles. The Morgan fingerprint density at radius 1 is 1.50 bits per heavy atom. The number of carbonyl (C=O) groups excluding carboxylic acids is 1. The van der Waals surface area contributed by atoms with Crippen molar-refractivity contribution >= 4 is 11.5 Å². The summed E-state index contributed by atoms with van der Waals surface area (Å²) in [6, 6.07) is 5.37. The zero-order valence-electron chi connectivity index (χ0n) is 7.22. The van der Waals surface area contributed by atoms with E-state index in [9.17, 15) is 4.79 Å². The highest BCUT2D eigenvalue weighted by Gasteiger charge is 2.01. The minimum atomic E-state index is 0.0710. The van der Waals surface area contributed by atoms with Crippen LogP contribution in [0.2, 0.25) is 0 Å². The third kappa shape index (κ3) is 1.62. The number of benzene rings is 1. The molecule has 0 saturated heterocycles. The van der Waals surface area contributed by atoms with Crippen LogP contribution in [0, 0.1) is 6.92 Å². The highest BCUT2D eigenvalue weighted by molar-refractivity contribution is 5.94. The Bertz CT molecular complexity index is 307. The van der Waals surface area contributed by atoms with Gasteiger partial charge in [0.2, 0.25) is 0 Å². The van der Waals surface area contributed by atoms with Gasteiger partial charge < -0.3 is 5.43 Å². The normalized spacial score (nSPS) is 9.58. The standard InChI is InChI=1S/C9H12N2O/c1-6-5-8(7(2)12)3-4-9(6)11-10/h3-5,11H,10H2,1-2H3. The van der Waals surface area contributed by atoms with Crippen LogP contribution in [0.3, 0.4) is 0 Å². The minimum absolute atomic E-state index is 0.0710. The van der Waals surface area contributed by atoms with Gasteiger partial charge in [0.1, 0.15) is 0 Å². The average molecular weight is 164 g/mol. The number of hydrogen-bond donors (Lipinski definition) is 2. The highest BCUT2D eigenvalue weighted by Crippen LogP contribution is 2.15. The van der Waals surface area contributed by atoms with Gasteiger partial charge in [0.15, 0.2) is 5.78 Å². The number of nitrogen functional groups attached to an aromatic ring is 1. The molecule has 12 heavy (non-hydrogen) atoms. The van der Waals surface area contributed by atoms with Gasteiger partial charge >= 0.3 is 0 Å². The Morgan fingerprint density at radius 3 is 2.58 bits per heavy atom. The van der Waals surface area contributed by atoms with Crippen LogP contribution in [0.4, 0.5) is 5.69 Å². The minimum Gasteiger partial charge on any atom is -0.324 e. The third-order valence-electron chi connectivity index (χ3n) is 1.79. The second-order valence-electron chi connectivity index (χ2n) is 2.73. The van der Waals surface area contributed by atoms with Crippen LogP contribution in [0.25, 0.3) is 0 Å². The first-order valence-corrected chi connectivity index (χ1v) is 3.73. The Labute approximate surface area is 71.5 Å². The number of Topliss-reactive ketones (excluding diaryl/α,β-unsaturated/α-hetero) is 1. The summed E-state index contributed by atoms with van der Waals surface area (Å²) in [5, 5.41) is 0. The summed E-state index contributed by atoms with van der Waals surface area (Å²) < 4.78 is 0. The first-order valence-electron chi connectivity index (χ1n) is 3.73. The van der Waals surface area contributed by atoms with Gasteiger partial charge in [-0.2, -0.15) is 0 Å². The zero-order valence-corrected chi connectivity index (χ0v) is 7.22. The molecule has 0 atom stereocenters. The third-order valence-corrected chi connectivity index (χ3v) is 1.79. The molecule has 0 saturated carbocycles. The van der Waals surface area contributed by atoms with E-state index in [1.807, 2.05) is 13.0 Å². The number of hydrogen-bond acceptors (Lipinski definition) is 3.